The molecule has 10 nitrogen and oxygen atoms in total. The molecule has 3 fully saturated rings. The Hall–Kier alpha value is -5.19. The number of rotatable bonds is 7. The molecule has 266 valence electrons. The van der Waals surface area contributed by atoms with Crippen LogP contribution in [0.4, 0.5) is 10.1 Å². The Bertz CT molecular complexity index is 1920. The van der Waals surface area contributed by atoms with Crippen LogP contribution in [0.15, 0.2) is 78.9 Å². The predicted octanol–water partition coefficient (Wildman–Crippen LogP) is 6.58. The summed E-state index contributed by atoms with van der Waals surface area (Å²) < 4.78 is 26.4. The summed E-state index contributed by atoms with van der Waals surface area (Å²) in [5.41, 5.74) is 1.38. The predicted molar refractivity (Wildman–Crippen MR) is 191 cm³/mol. The van der Waals surface area contributed by atoms with Gasteiger partial charge in [0.2, 0.25) is 11.8 Å². The van der Waals surface area contributed by atoms with E-state index in [0.717, 1.165) is 49.5 Å². The number of pyridine rings is 1. The van der Waals surface area contributed by atoms with E-state index in [-0.39, 0.29) is 24.8 Å². The molecule has 3 heterocycles. The van der Waals surface area contributed by atoms with Gasteiger partial charge in [0.05, 0.1) is 24.9 Å². The average Bonchev–Trinajstić information content (AvgIpc) is 3.67. The number of carboxylic acids is 1. The Kier molecular flexibility index (Phi) is 9.79. The molecule has 51 heavy (non-hydrogen) atoms. The van der Waals surface area contributed by atoms with Crippen LogP contribution in [0.3, 0.4) is 0 Å². The third-order valence-corrected chi connectivity index (χ3v) is 10.5. The van der Waals surface area contributed by atoms with Gasteiger partial charge < -0.3 is 30.1 Å². The molecule has 3 aromatic carbocycles. The Labute approximate surface area is 296 Å². The number of nitrogens with zero attached hydrogens (tertiary/aromatic N) is 2. The normalized spacial score (nSPS) is 25.5. The molecule has 0 radical (unpaired) electrons. The Morgan fingerprint density at radius 3 is 2.53 bits per heavy atom. The Morgan fingerprint density at radius 2 is 1.76 bits per heavy atom. The van der Waals surface area contributed by atoms with Gasteiger partial charge in [-0.15, -0.1) is 0 Å². The molecule has 3 N–H and O–H groups in total. The zero-order valence-electron chi connectivity index (χ0n) is 28.6. The smallest absolute Gasteiger partial charge is 0.329 e. The number of hydrogen-bond acceptors (Lipinski definition) is 7. The number of amides is 2. The van der Waals surface area contributed by atoms with E-state index in [2.05, 4.69) is 10.6 Å². The van der Waals surface area contributed by atoms with Crippen LogP contribution in [0.25, 0.3) is 22.2 Å². The lowest BCUT2D eigenvalue weighted by molar-refractivity contribution is -0.145. The monoisotopic (exact) mass is 694 g/mol. The van der Waals surface area contributed by atoms with Crippen molar-refractivity contribution in [3.63, 3.8) is 0 Å². The Balaban J connectivity index is 1.23. The lowest BCUT2D eigenvalue weighted by Crippen LogP contribution is -2.55. The van der Waals surface area contributed by atoms with Crippen LogP contribution in [0, 0.1) is 11.7 Å². The van der Waals surface area contributed by atoms with Crippen LogP contribution < -0.4 is 20.1 Å². The summed E-state index contributed by atoms with van der Waals surface area (Å²) in [6, 6.07) is 21.4. The van der Waals surface area contributed by atoms with Gasteiger partial charge >= 0.3 is 5.97 Å². The topological polar surface area (TPSA) is 130 Å². The summed E-state index contributed by atoms with van der Waals surface area (Å²) in [5, 5.41) is 17.1. The number of ether oxygens (including phenoxy) is 2. The standard InChI is InChI=1S/C40H43FN4O6/c1-50-29-17-18-31-34(20-29)43-33(25-11-6-5-7-12-25)22-36(31)51-30-21-35-37(46)44-40(39(48)49)23-26(40)13-8-3-2-4-9-16-32(38(47)45(35)24-30)42-28-15-10-14-27(41)19-28/h5-7,10-12,14-15,17-20,22,26,30,32,35,42H,2-4,8-9,13,16,21,23-24H2,1H3,(H,44,46)(H,48,49)/t26-,30-,32+,35+,40-/m1/s1. The van der Waals surface area contributed by atoms with Crippen LogP contribution in [0.2, 0.25) is 0 Å². The molecule has 5 atom stereocenters. The molecule has 2 aliphatic heterocycles. The van der Waals surface area contributed by atoms with Gasteiger partial charge in [-0.05, 0) is 55.5 Å². The van der Waals surface area contributed by atoms with Gasteiger partial charge in [0, 0.05) is 35.2 Å². The van der Waals surface area contributed by atoms with Crippen molar-refractivity contribution in [2.24, 2.45) is 5.92 Å². The van der Waals surface area contributed by atoms with Crippen molar-refractivity contribution in [2.45, 2.75) is 81.5 Å². The van der Waals surface area contributed by atoms with Crippen LogP contribution in [-0.2, 0) is 14.4 Å². The summed E-state index contributed by atoms with van der Waals surface area (Å²) >= 11 is 0. The highest BCUT2D eigenvalue weighted by molar-refractivity contribution is 5.96. The maximum absolute atomic E-state index is 14.5. The molecular formula is C40H43FN4O6. The molecule has 1 saturated carbocycles. The van der Waals surface area contributed by atoms with Gasteiger partial charge in [0.1, 0.15) is 41.0 Å². The molecule has 2 amide bonds. The first-order chi connectivity index (χ1) is 24.7. The molecule has 2 saturated heterocycles. The second kappa shape index (κ2) is 14.6. The third kappa shape index (κ3) is 7.34. The van der Waals surface area contributed by atoms with Crippen LogP contribution in [0.1, 0.15) is 57.8 Å². The number of carboxylic acid groups (broad SMARTS) is 1. The number of methoxy groups -OCH3 is 1. The maximum Gasteiger partial charge on any atom is 0.329 e. The van der Waals surface area contributed by atoms with Gasteiger partial charge in [-0.3, -0.25) is 9.59 Å². The third-order valence-electron chi connectivity index (χ3n) is 10.5. The van der Waals surface area contributed by atoms with Crippen LogP contribution >= 0.6 is 0 Å². The fourth-order valence-electron chi connectivity index (χ4n) is 7.67. The molecule has 3 aliphatic rings. The average molecular weight is 695 g/mol. The van der Waals surface area contributed by atoms with Gasteiger partial charge in [-0.25, -0.2) is 14.2 Å². The van der Waals surface area contributed by atoms with Gasteiger partial charge in [0.15, 0.2) is 0 Å². The number of carbonyl (C=O) groups excluding carboxylic acids is 2. The van der Waals surface area contributed by atoms with E-state index >= 15 is 0 Å². The van der Waals surface area contributed by atoms with Crippen molar-refractivity contribution in [1.82, 2.24) is 15.2 Å². The molecule has 0 spiro atoms. The van der Waals surface area contributed by atoms with E-state index in [9.17, 15) is 23.9 Å². The molecule has 1 aliphatic carbocycles. The zero-order chi connectivity index (χ0) is 35.5. The number of carbonyl (C=O) groups is 3. The molecule has 0 unspecified atom stereocenters. The minimum atomic E-state index is -1.34. The quantitative estimate of drug-likeness (QED) is 0.198. The van der Waals surface area contributed by atoms with E-state index in [1.54, 1.807) is 19.2 Å². The van der Waals surface area contributed by atoms with Gasteiger partial charge in [0.25, 0.3) is 0 Å². The number of anilines is 1. The van der Waals surface area contributed by atoms with E-state index in [4.69, 9.17) is 14.5 Å². The minimum absolute atomic E-state index is 0.0996. The SMILES string of the molecule is COc1ccc2c(O[C@@H]3C[C@H]4C(=O)N[C@]5(C(=O)O)C[C@H]5CCCCCCC[C@H](Nc5cccc(F)c5)C(=O)N4C3)cc(-c3ccccc3)nc2c1. The van der Waals surface area contributed by atoms with Crippen molar-refractivity contribution in [2.75, 3.05) is 19.0 Å². The van der Waals surface area contributed by atoms with Crippen LogP contribution in [-0.4, -0.2) is 70.2 Å². The molecular weight excluding hydrogens is 651 g/mol. The van der Waals surface area contributed by atoms with Crippen molar-refractivity contribution in [3.8, 4) is 22.8 Å². The number of halogens is 1. The fourth-order valence-corrected chi connectivity index (χ4v) is 7.67. The molecule has 0 bridgehead atoms. The first kappa shape index (κ1) is 34.3. The van der Waals surface area contributed by atoms with Crippen molar-refractivity contribution in [1.29, 1.82) is 0 Å². The lowest BCUT2D eigenvalue weighted by atomic mass is 10.0. The largest absolute Gasteiger partial charge is 0.497 e. The van der Waals surface area contributed by atoms with Crippen molar-refractivity contribution >= 4 is 34.4 Å². The van der Waals surface area contributed by atoms with E-state index in [1.165, 1.54) is 17.0 Å². The number of aliphatic carboxylic acids is 1. The summed E-state index contributed by atoms with van der Waals surface area (Å²) in [7, 11) is 1.59. The number of fused-ring (bicyclic) bond motifs is 3. The number of hydrogen-bond donors (Lipinski definition) is 3. The first-order valence-electron chi connectivity index (χ1n) is 17.8. The van der Waals surface area contributed by atoms with E-state index < -0.39 is 41.4 Å². The van der Waals surface area contributed by atoms with E-state index in [1.807, 2.05) is 54.6 Å². The summed E-state index contributed by atoms with van der Waals surface area (Å²) in [4.78, 5) is 47.6. The molecule has 11 heteroatoms. The van der Waals surface area contributed by atoms with E-state index in [0.29, 0.717) is 41.2 Å². The minimum Gasteiger partial charge on any atom is -0.497 e. The highest BCUT2D eigenvalue weighted by Crippen LogP contribution is 2.47. The highest BCUT2D eigenvalue weighted by Gasteiger charge is 2.62. The lowest BCUT2D eigenvalue weighted by Gasteiger charge is -2.30. The molecule has 4 aromatic rings. The molecule has 1 aromatic heterocycles. The Morgan fingerprint density at radius 1 is 0.980 bits per heavy atom. The van der Waals surface area contributed by atoms with Crippen molar-refractivity contribution in [3.05, 3.63) is 84.7 Å². The van der Waals surface area contributed by atoms with Crippen molar-refractivity contribution < 1.29 is 33.4 Å². The van der Waals surface area contributed by atoms with Gasteiger partial charge in [-0.1, -0.05) is 68.5 Å². The maximum atomic E-state index is 14.5. The highest BCUT2D eigenvalue weighted by atomic mass is 19.1. The first-order valence-corrected chi connectivity index (χ1v) is 17.8. The van der Waals surface area contributed by atoms with Gasteiger partial charge in [-0.2, -0.15) is 0 Å². The summed E-state index contributed by atoms with van der Waals surface area (Å²) in [6.07, 6.45) is 5.60. The summed E-state index contributed by atoms with van der Waals surface area (Å²) in [5.74, 6) is -1.26. The number of aromatic nitrogens is 1. The van der Waals surface area contributed by atoms with Crippen LogP contribution in [0.5, 0.6) is 11.5 Å². The molecule has 7 rings (SSSR count). The number of benzene rings is 3. The second-order valence-electron chi connectivity index (χ2n) is 14.0. The second-order valence-corrected chi connectivity index (χ2v) is 14.0. The summed E-state index contributed by atoms with van der Waals surface area (Å²) in [6.45, 7) is 0.0996. The number of nitrogens with one attached hydrogen (secondary N) is 2. The zero-order valence-corrected chi connectivity index (χ0v) is 28.6. The fraction of sp³-hybridized carbons (Fsp3) is 0.400.